The smallest absolute Gasteiger partial charge is 0.165 e. The van der Waals surface area contributed by atoms with Gasteiger partial charge in [-0.25, -0.2) is 0 Å². The van der Waals surface area contributed by atoms with Crippen LogP contribution in [0.25, 0.3) is 0 Å². The first-order valence-corrected chi connectivity index (χ1v) is 4.59. The molecule has 3 nitrogen and oxygen atoms in total. The number of methoxy groups -OCH3 is 2. The van der Waals surface area contributed by atoms with Crippen LogP contribution in [0.1, 0.15) is 16.5 Å². The molecule has 1 atom stereocenters. The van der Waals surface area contributed by atoms with Gasteiger partial charge >= 0.3 is 0 Å². The third-order valence-electron chi connectivity index (χ3n) is 2.39. The molecule has 78 valence electrons. The Morgan fingerprint density at radius 3 is 2.50 bits per heavy atom. The molecule has 0 bridgehead atoms. The quantitative estimate of drug-likeness (QED) is 0.772. The summed E-state index contributed by atoms with van der Waals surface area (Å²) in [6.07, 6.45) is 0.928. The summed E-state index contributed by atoms with van der Waals surface area (Å²) >= 11 is 6.06. The molecule has 1 aromatic rings. The lowest BCUT2D eigenvalue weighted by molar-refractivity contribution is 0.348. The normalized spacial score (nSPS) is 17.5. The average Bonchev–Trinajstić information content (AvgIpc) is 2.15. The second kappa shape index (κ2) is 4.07. The molecule has 0 fully saturated rings. The van der Waals surface area contributed by atoms with Gasteiger partial charge in [-0.05, 0) is 18.1 Å². The summed E-state index contributed by atoms with van der Waals surface area (Å²) in [7, 11) is 3.27. The Morgan fingerprint density at radius 1 is 1.29 bits per heavy atom. The Hall–Kier alpha value is -0.930. The van der Waals surface area contributed by atoms with Gasteiger partial charge in [0, 0.05) is 5.56 Å². The number of fused-ring (bicyclic) bond motifs is 1. The van der Waals surface area contributed by atoms with Crippen LogP contribution in [-0.4, -0.2) is 14.2 Å². The van der Waals surface area contributed by atoms with Gasteiger partial charge in [0.1, 0.15) is 0 Å². The third kappa shape index (κ3) is 1.42. The number of benzene rings is 1. The van der Waals surface area contributed by atoms with E-state index in [9.17, 15) is 0 Å². The highest BCUT2D eigenvalue weighted by Crippen LogP contribution is 2.48. The van der Waals surface area contributed by atoms with E-state index in [1.54, 1.807) is 14.2 Å². The van der Waals surface area contributed by atoms with Crippen LogP contribution in [0.15, 0.2) is 12.1 Å². The van der Waals surface area contributed by atoms with Crippen LogP contribution in [0.2, 0.25) is 0 Å². The fourth-order valence-corrected chi connectivity index (χ4v) is 2.08. The van der Waals surface area contributed by atoms with Crippen molar-refractivity contribution < 1.29 is 9.47 Å². The Kier molecular flexibility index (Phi) is 3.24. The van der Waals surface area contributed by atoms with Crippen molar-refractivity contribution in [1.82, 2.24) is 6.15 Å². The number of alkyl halides is 1. The van der Waals surface area contributed by atoms with Gasteiger partial charge in [0.05, 0.1) is 19.6 Å². The van der Waals surface area contributed by atoms with Crippen LogP contribution in [0, 0.1) is 0 Å². The van der Waals surface area contributed by atoms with Gasteiger partial charge in [0.25, 0.3) is 0 Å². The third-order valence-corrected chi connectivity index (χ3v) is 2.76. The maximum atomic E-state index is 6.06. The lowest BCUT2D eigenvalue weighted by Crippen LogP contribution is -2.14. The molecule has 0 aliphatic heterocycles. The zero-order valence-electron chi connectivity index (χ0n) is 8.34. The van der Waals surface area contributed by atoms with Gasteiger partial charge in [-0.15, -0.1) is 11.6 Å². The minimum atomic E-state index is 0. The summed E-state index contributed by atoms with van der Waals surface area (Å²) in [5, 5.41) is 0.0834. The van der Waals surface area contributed by atoms with E-state index < -0.39 is 0 Å². The Morgan fingerprint density at radius 2 is 2.00 bits per heavy atom. The molecular formula is C10H14ClNO2. The van der Waals surface area contributed by atoms with Gasteiger partial charge in [-0.3, -0.25) is 0 Å². The van der Waals surface area contributed by atoms with E-state index in [-0.39, 0.29) is 11.5 Å². The average molecular weight is 216 g/mol. The van der Waals surface area contributed by atoms with Crippen molar-refractivity contribution in [1.29, 1.82) is 0 Å². The van der Waals surface area contributed by atoms with Crippen LogP contribution in [0.5, 0.6) is 11.5 Å². The lowest BCUT2D eigenvalue weighted by atomic mass is 9.87. The van der Waals surface area contributed by atoms with Gasteiger partial charge < -0.3 is 15.6 Å². The van der Waals surface area contributed by atoms with Crippen LogP contribution in [0.4, 0.5) is 0 Å². The molecule has 1 unspecified atom stereocenters. The molecule has 0 saturated carbocycles. The van der Waals surface area contributed by atoms with E-state index in [1.807, 2.05) is 12.1 Å². The highest BCUT2D eigenvalue weighted by atomic mass is 35.5. The molecular weight excluding hydrogens is 202 g/mol. The second-order valence-corrected chi connectivity index (χ2v) is 3.57. The molecule has 4 heteroatoms. The molecule has 0 radical (unpaired) electrons. The molecule has 3 N–H and O–H groups in total. The summed E-state index contributed by atoms with van der Waals surface area (Å²) in [5.74, 6) is 1.54. The first kappa shape index (κ1) is 11.1. The molecule has 0 amide bonds. The van der Waals surface area contributed by atoms with Crippen LogP contribution >= 0.6 is 11.6 Å². The van der Waals surface area contributed by atoms with Crippen LogP contribution in [0.3, 0.4) is 0 Å². The Bertz CT molecular complexity index is 341. The maximum Gasteiger partial charge on any atom is 0.165 e. The van der Waals surface area contributed by atoms with E-state index in [4.69, 9.17) is 21.1 Å². The zero-order chi connectivity index (χ0) is 9.42. The van der Waals surface area contributed by atoms with Crippen molar-refractivity contribution in [2.24, 2.45) is 0 Å². The summed E-state index contributed by atoms with van der Waals surface area (Å²) in [4.78, 5) is 0. The molecule has 0 spiro atoms. The highest BCUT2D eigenvalue weighted by Gasteiger charge is 2.29. The number of rotatable bonds is 2. The van der Waals surface area contributed by atoms with Gasteiger partial charge in [-0.2, -0.15) is 0 Å². The molecule has 2 rings (SSSR count). The van der Waals surface area contributed by atoms with Gasteiger partial charge in [0.2, 0.25) is 0 Å². The Labute approximate surface area is 88.6 Å². The van der Waals surface area contributed by atoms with Crippen LogP contribution < -0.4 is 15.6 Å². The molecule has 1 aliphatic carbocycles. The molecule has 1 aromatic carbocycles. The van der Waals surface area contributed by atoms with E-state index in [0.29, 0.717) is 0 Å². The van der Waals surface area contributed by atoms with Gasteiger partial charge in [0.15, 0.2) is 11.5 Å². The van der Waals surface area contributed by atoms with E-state index in [0.717, 1.165) is 23.5 Å². The first-order valence-electron chi connectivity index (χ1n) is 4.15. The number of hydrogen-bond acceptors (Lipinski definition) is 3. The Balaban J connectivity index is 0.000000980. The number of halogens is 1. The van der Waals surface area contributed by atoms with Gasteiger partial charge in [-0.1, -0.05) is 6.07 Å². The fraction of sp³-hybridized carbons (Fsp3) is 0.400. The minimum absolute atomic E-state index is 0. The summed E-state index contributed by atoms with van der Waals surface area (Å²) in [6.45, 7) is 0. The second-order valence-electron chi connectivity index (χ2n) is 3.05. The van der Waals surface area contributed by atoms with Crippen molar-refractivity contribution in [3.05, 3.63) is 23.3 Å². The van der Waals surface area contributed by atoms with Crippen molar-refractivity contribution in [2.45, 2.75) is 11.8 Å². The van der Waals surface area contributed by atoms with Crippen molar-refractivity contribution in [3.8, 4) is 11.5 Å². The zero-order valence-corrected chi connectivity index (χ0v) is 9.10. The van der Waals surface area contributed by atoms with E-state index in [1.165, 1.54) is 5.56 Å². The SMILES string of the molecule is COc1ccc2c(c1OC)C(Cl)C2.N. The highest BCUT2D eigenvalue weighted by molar-refractivity contribution is 6.22. The molecule has 0 aromatic heterocycles. The molecule has 1 aliphatic rings. The first-order chi connectivity index (χ1) is 6.27. The minimum Gasteiger partial charge on any atom is -0.493 e. The van der Waals surface area contributed by atoms with Crippen molar-refractivity contribution in [3.63, 3.8) is 0 Å². The topological polar surface area (TPSA) is 53.5 Å². The van der Waals surface area contributed by atoms with Crippen molar-refractivity contribution in [2.75, 3.05) is 14.2 Å². The predicted octanol–water partition coefficient (Wildman–Crippen LogP) is 2.70. The molecule has 0 heterocycles. The van der Waals surface area contributed by atoms with Crippen molar-refractivity contribution >= 4 is 11.6 Å². The lowest BCUT2D eigenvalue weighted by Gasteiger charge is -2.28. The largest absolute Gasteiger partial charge is 0.493 e. The fourth-order valence-electron chi connectivity index (χ4n) is 1.68. The predicted molar refractivity (Wildman–Crippen MR) is 56.9 cm³/mol. The van der Waals surface area contributed by atoms with E-state index in [2.05, 4.69) is 0 Å². The standard InChI is InChI=1S/C10H11ClO2.H3N/c1-12-8-4-3-6-5-7(11)9(6)10(8)13-2;/h3-4,7H,5H2,1-2H3;1H3. The number of ether oxygens (including phenoxy) is 2. The summed E-state index contributed by atoms with van der Waals surface area (Å²) in [6, 6.07) is 3.95. The molecule has 0 saturated heterocycles. The maximum absolute atomic E-state index is 6.06. The van der Waals surface area contributed by atoms with Crippen LogP contribution in [-0.2, 0) is 6.42 Å². The number of hydrogen-bond donors (Lipinski definition) is 1. The summed E-state index contributed by atoms with van der Waals surface area (Å²) in [5.41, 5.74) is 2.35. The monoisotopic (exact) mass is 215 g/mol. The molecule has 14 heavy (non-hydrogen) atoms. The van der Waals surface area contributed by atoms with E-state index >= 15 is 0 Å². The summed E-state index contributed by atoms with van der Waals surface area (Å²) < 4.78 is 10.4.